The van der Waals surface area contributed by atoms with E-state index in [4.69, 9.17) is 14.9 Å². The third-order valence-corrected chi connectivity index (χ3v) is 9.48. The molecule has 0 saturated heterocycles. The highest BCUT2D eigenvalue weighted by molar-refractivity contribution is 7.99. The number of carbonyl (C=O) groups excluding carboxylic acids is 1. The van der Waals surface area contributed by atoms with Gasteiger partial charge in [0.25, 0.3) is 0 Å². The Hall–Kier alpha value is -2.92. The molecule has 0 aliphatic heterocycles. The van der Waals surface area contributed by atoms with Gasteiger partial charge in [0.2, 0.25) is 5.92 Å². The van der Waals surface area contributed by atoms with Gasteiger partial charge in [0.1, 0.15) is 5.58 Å². The summed E-state index contributed by atoms with van der Waals surface area (Å²) in [6.07, 6.45) is -1.57. The van der Waals surface area contributed by atoms with Gasteiger partial charge in [-0.05, 0) is 86.9 Å². The van der Waals surface area contributed by atoms with Gasteiger partial charge in [0, 0.05) is 34.2 Å². The third-order valence-electron chi connectivity index (χ3n) is 8.40. The number of alkyl halides is 5. The average molecular weight is 712 g/mol. The van der Waals surface area contributed by atoms with E-state index in [1.807, 2.05) is 41.5 Å². The minimum Gasteiger partial charge on any atom is -0.465 e. The van der Waals surface area contributed by atoms with Crippen molar-refractivity contribution in [3.63, 3.8) is 0 Å². The summed E-state index contributed by atoms with van der Waals surface area (Å²) in [5.41, 5.74) is 3.75. The van der Waals surface area contributed by atoms with Crippen LogP contribution in [0.5, 0.6) is 0 Å². The van der Waals surface area contributed by atoms with Gasteiger partial charge in [0.15, 0.2) is 0 Å². The minimum absolute atomic E-state index is 0.0357. The minimum atomic E-state index is -4.65. The maximum absolute atomic E-state index is 14.6. The molecule has 1 aromatic heterocycles. The van der Waals surface area contributed by atoms with Gasteiger partial charge in [-0.3, -0.25) is 4.79 Å². The van der Waals surface area contributed by atoms with Crippen molar-refractivity contribution in [3.05, 3.63) is 64.0 Å². The number of fused-ring (bicyclic) bond motifs is 1. The van der Waals surface area contributed by atoms with E-state index < -0.39 is 47.1 Å². The summed E-state index contributed by atoms with van der Waals surface area (Å²) < 4.78 is 82.1. The number of unbranched alkanes of at least 4 members (excludes halogenated alkanes) is 2. The van der Waals surface area contributed by atoms with Gasteiger partial charge in [-0.1, -0.05) is 58.7 Å². The topological polar surface area (TPSA) is 82.5 Å². The van der Waals surface area contributed by atoms with Crippen LogP contribution in [0.3, 0.4) is 0 Å². The van der Waals surface area contributed by atoms with Gasteiger partial charge >= 0.3 is 17.8 Å². The molecular formula is C38H50F5NO4S. The van der Waals surface area contributed by atoms with E-state index in [1.165, 1.54) is 23.9 Å². The lowest BCUT2D eigenvalue weighted by atomic mass is 9.74. The number of rotatable bonds is 17. The third kappa shape index (κ3) is 12.7. The van der Waals surface area contributed by atoms with Crippen molar-refractivity contribution in [3.8, 4) is 11.1 Å². The fourth-order valence-corrected chi connectivity index (χ4v) is 6.56. The molecule has 3 aromatic rings. The predicted octanol–water partition coefficient (Wildman–Crippen LogP) is 10.8. The van der Waals surface area contributed by atoms with Gasteiger partial charge < -0.3 is 14.9 Å². The SMILES string of the molecule is CCCCCc1ccc(-c2cc3ccc(SCCCC(F)(F)CCCOC(=O)C(CC(C)(C)N)C(C)(C)C)cc3oc2=O)c(C(F)(F)F)c1. The lowest BCUT2D eigenvalue weighted by Crippen LogP contribution is -2.41. The highest BCUT2D eigenvalue weighted by Crippen LogP contribution is 2.38. The second-order valence-electron chi connectivity index (χ2n) is 14.7. The molecule has 11 heteroatoms. The molecule has 2 aromatic carbocycles. The van der Waals surface area contributed by atoms with E-state index in [1.54, 1.807) is 24.3 Å². The quantitative estimate of drug-likeness (QED) is 0.0493. The Morgan fingerprint density at radius 2 is 1.59 bits per heavy atom. The fraction of sp³-hybridized carbons (Fsp3) is 0.579. The molecule has 5 nitrogen and oxygen atoms in total. The van der Waals surface area contributed by atoms with E-state index in [2.05, 4.69) is 0 Å². The van der Waals surface area contributed by atoms with Crippen molar-refractivity contribution in [1.29, 1.82) is 0 Å². The molecule has 2 N–H and O–H groups in total. The predicted molar refractivity (Wildman–Crippen MR) is 187 cm³/mol. The molecule has 1 atom stereocenters. The molecule has 0 aliphatic carbocycles. The van der Waals surface area contributed by atoms with E-state index in [0.29, 0.717) is 34.4 Å². The van der Waals surface area contributed by atoms with Crippen LogP contribution in [-0.2, 0) is 22.1 Å². The van der Waals surface area contributed by atoms with Crippen molar-refractivity contribution in [2.75, 3.05) is 12.4 Å². The van der Waals surface area contributed by atoms with Gasteiger partial charge in [-0.15, -0.1) is 11.8 Å². The lowest BCUT2D eigenvalue weighted by molar-refractivity contribution is -0.154. The van der Waals surface area contributed by atoms with Crippen LogP contribution in [0.4, 0.5) is 22.0 Å². The van der Waals surface area contributed by atoms with Crippen molar-refractivity contribution < 1.29 is 35.9 Å². The molecule has 3 rings (SSSR count). The molecule has 272 valence electrons. The number of nitrogens with two attached hydrogens (primary N) is 1. The molecule has 0 aliphatic rings. The first-order valence-corrected chi connectivity index (χ1v) is 17.9. The van der Waals surface area contributed by atoms with Gasteiger partial charge in [0.05, 0.1) is 23.7 Å². The first-order chi connectivity index (χ1) is 22.7. The Morgan fingerprint density at radius 1 is 0.898 bits per heavy atom. The Bertz CT molecular complexity index is 1600. The molecular weight excluding hydrogens is 661 g/mol. The summed E-state index contributed by atoms with van der Waals surface area (Å²) in [6.45, 7) is 11.4. The van der Waals surface area contributed by atoms with Crippen molar-refractivity contribution in [2.24, 2.45) is 17.1 Å². The number of hydrogen-bond acceptors (Lipinski definition) is 6. The normalized spacial score (nSPS) is 13.6. The van der Waals surface area contributed by atoms with Crippen LogP contribution in [0.25, 0.3) is 22.1 Å². The monoisotopic (exact) mass is 711 g/mol. The van der Waals surface area contributed by atoms with Gasteiger partial charge in [-0.25, -0.2) is 13.6 Å². The summed E-state index contributed by atoms with van der Waals surface area (Å²) in [4.78, 5) is 26.3. The number of ether oxygens (including phenoxy) is 1. The van der Waals surface area contributed by atoms with Crippen LogP contribution < -0.4 is 11.4 Å². The summed E-state index contributed by atoms with van der Waals surface area (Å²) in [5.74, 6) is -3.42. The maximum atomic E-state index is 14.6. The molecule has 0 saturated carbocycles. The van der Waals surface area contributed by atoms with E-state index in [-0.39, 0.29) is 48.0 Å². The highest BCUT2D eigenvalue weighted by atomic mass is 32.2. The van der Waals surface area contributed by atoms with Crippen LogP contribution >= 0.6 is 11.8 Å². The summed E-state index contributed by atoms with van der Waals surface area (Å²) in [7, 11) is 0. The number of benzene rings is 2. The van der Waals surface area contributed by atoms with Crippen molar-refractivity contribution >= 4 is 28.7 Å². The second kappa shape index (κ2) is 16.9. The summed E-state index contributed by atoms with van der Waals surface area (Å²) in [6, 6.07) is 10.4. The number of halogens is 5. The second-order valence-corrected chi connectivity index (χ2v) is 15.8. The smallest absolute Gasteiger partial charge is 0.417 e. The molecule has 49 heavy (non-hydrogen) atoms. The van der Waals surface area contributed by atoms with Crippen LogP contribution in [0, 0.1) is 11.3 Å². The number of carbonyl (C=O) groups is 1. The largest absolute Gasteiger partial charge is 0.465 e. The molecule has 0 spiro atoms. The molecule has 0 fully saturated rings. The Labute approximate surface area is 290 Å². The average Bonchev–Trinajstić information content (AvgIpc) is 2.98. The summed E-state index contributed by atoms with van der Waals surface area (Å²) >= 11 is 1.32. The lowest BCUT2D eigenvalue weighted by Gasteiger charge is -2.33. The molecule has 0 radical (unpaired) electrons. The van der Waals surface area contributed by atoms with Crippen LogP contribution in [-0.4, -0.2) is 29.8 Å². The first-order valence-electron chi connectivity index (χ1n) is 16.9. The van der Waals surface area contributed by atoms with E-state index in [9.17, 15) is 31.5 Å². The van der Waals surface area contributed by atoms with Crippen LogP contribution in [0.1, 0.15) is 104 Å². The molecule has 0 bridgehead atoms. The number of thioether (sulfide) groups is 1. The molecule has 1 heterocycles. The standard InChI is InChI=1S/C38H50F5NO4S/c1-7-8-9-12-25-13-16-28(30(21-25)38(41,42)43)29-22-26-14-15-27(23-32(26)48-33(29)45)49-20-11-18-37(39,40)17-10-19-47-34(46)31(35(2,3)4)24-36(5,6)44/h13-16,21-23,31H,7-12,17-20,24,44H2,1-6H3. The fourth-order valence-electron chi connectivity index (χ4n) is 5.68. The number of hydrogen-bond donors (Lipinski definition) is 1. The van der Waals surface area contributed by atoms with Crippen LogP contribution in [0.15, 0.2) is 56.6 Å². The zero-order valence-corrected chi connectivity index (χ0v) is 30.2. The van der Waals surface area contributed by atoms with Crippen molar-refractivity contribution in [2.45, 2.75) is 122 Å². The van der Waals surface area contributed by atoms with Crippen molar-refractivity contribution in [1.82, 2.24) is 0 Å². The Kier molecular flexibility index (Phi) is 13.9. The van der Waals surface area contributed by atoms with Gasteiger partial charge in [-0.2, -0.15) is 13.2 Å². The maximum Gasteiger partial charge on any atom is 0.417 e. The zero-order valence-electron chi connectivity index (χ0n) is 29.4. The Morgan fingerprint density at radius 3 is 2.22 bits per heavy atom. The molecule has 1 unspecified atom stereocenters. The number of esters is 1. The highest BCUT2D eigenvalue weighted by Gasteiger charge is 2.37. The Balaban J connectivity index is 1.56. The van der Waals surface area contributed by atoms with E-state index >= 15 is 0 Å². The summed E-state index contributed by atoms with van der Waals surface area (Å²) in [5, 5.41) is 0.451. The number of aryl methyl sites for hydroxylation is 1. The van der Waals surface area contributed by atoms with Crippen LogP contribution in [0.2, 0.25) is 0 Å². The zero-order chi connectivity index (χ0) is 36.6. The van der Waals surface area contributed by atoms with E-state index in [0.717, 1.165) is 25.3 Å². The molecule has 0 amide bonds. The first kappa shape index (κ1) is 40.5.